The molecule has 1 atom stereocenters. The number of anilines is 1. The van der Waals surface area contributed by atoms with Crippen LogP contribution in [0.25, 0.3) is 0 Å². The van der Waals surface area contributed by atoms with Gasteiger partial charge in [-0.25, -0.2) is 8.78 Å². The van der Waals surface area contributed by atoms with Crippen LogP contribution in [0.3, 0.4) is 0 Å². The first-order valence-corrected chi connectivity index (χ1v) is 4.98. The van der Waals surface area contributed by atoms with E-state index < -0.39 is 41.0 Å². The Labute approximate surface area is 104 Å². The van der Waals surface area contributed by atoms with Crippen LogP contribution in [-0.2, 0) is 0 Å². The molecule has 0 aliphatic rings. The molecule has 0 aliphatic carbocycles. The monoisotopic (exact) mass is 284 g/mol. The summed E-state index contributed by atoms with van der Waals surface area (Å²) in [6.07, 6.45) is -4.73. The van der Waals surface area contributed by atoms with Gasteiger partial charge in [-0.3, -0.25) is 0 Å². The number of benzene rings is 1. The van der Waals surface area contributed by atoms with Gasteiger partial charge in [0.05, 0.1) is 16.8 Å². The van der Waals surface area contributed by atoms with E-state index in [9.17, 15) is 22.0 Å². The third-order valence-electron chi connectivity index (χ3n) is 2.04. The summed E-state index contributed by atoms with van der Waals surface area (Å²) >= 11 is 5.47. The molecule has 1 unspecified atom stereocenters. The number of nitrogens with zero attached hydrogens (tertiary/aromatic N) is 1. The molecule has 0 amide bonds. The van der Waals surface area contributed by atoms with E-state index in [0.29, 0.717) is 6.07 Å². The van der Waals surface area contributed by atoms with Gasteiger partial charge >= 0.3 is 6.18 Å². The maximum atomic E-state index is 13.2. The van der Waals surface area contributed by atoms with Crippen molar-refractivity contribution in [2.45, 2.75) is 6.18 Å². The fraction of sp³-hybridized carbons (Fsp3) is 0.300. The summed E-state index contributed by atoms with van der Waals surface area (Å²) in [5.74, 6) is -4.38. The van der Waals surface area contributed by atoms with Crippen LogP contribution in [0.5, 0.6) is 0 Å². The molecule has 0 aromatic heterocycles. The first-order chi connectivity index (χ1) is 8.25. The maximum absolute atomic E-state index is 13.2. The van der Waals surface area contributed by atoms with Gasteiger partial charge in [0.2, 0.25) is 0 Å². The van der Waals surface area contributed by atoms with Crippen molar-refractivity contribution < 1.29 is 22.0 Å². The van der Waals surface area contributed by atoms with Crippen molar-refractivity contribution in [3.8, 4) is 6.07 Å². The molecule has 0 aliphatic heterocycles. The lowest BCUT2D eigenvalue weighted by molar-refractivity contribution is -0.155. The minimum Gasteiger partial charge on any atom is -0.380 e. The first kappa shape index (κ1) is 14.5. The van der Waals surface area contributed by atoms with Crippen LogP contribution >= 0.6 is 11.6 Å². The smallest absolute Gasteiger partial charge is 0.380 e. The lowest BCUT2D eigenvalue weighted by atomic mass is 10.1. The molecule has 18 heavy (non-hydrogen) atoms. The first-order valence-electron chi connectivity index (χ1n) is 4.60. The molecule has 1 rings (SSSR count). The average Bonchev–Trinajstić information content (AvgIpc) is 2.19. The molecule has 1 aromatic rings. The van der Waals surface area contributed by atoms with E-state index in [-0.39, 0.29) is 0 Å². The van der Waals surface area contributed by atoms with E-state index in [1.807, 2.05) is 5.32 Å². The molecule has 1 aromatic carbocycles. The molecule has 2 nitrogen and oxygen atoms in total. The van der Waals surface area contributed by atoms with E-state index in [4.69, 9.17) is 16.9 Å². The summed E-state index contributed by atoms with van der Waals surface area (Å²) in [6.45, 7) is -0.873. The molecule has 0 heterocycles. The quantitative estimate of drug-likeness (QED) is 0.859. The van der Waals surface area contributed by atoms with Gasteiger partial charge in [-0.1, -0.05) is 11.6 Å². The zero-order valence-electron chi connectivity index (χ0n) is 8.65. The van der Waals surface area contributed by atoms with Crippen molar-refractivity contribution in [3.05, 3.63) is 28.8 Å². The SMILES string of the molecule is N#CC(CNc1c(F)cc(F)cc1Cl)C(F)(F)F. The highest BCUT2D eigenvalue weighted by atomic mass is 35.5. The van der Waals surface area contributed by atoms with Crippen molar-refractivity contribution in [3.63, 3.8) is 0 Å². The Hall–Kier alpha value is -1.55. The Morgan fingerprint density at radius 2 is 1.94 bits per heavy atom. The zero-order valence-corrected chi connectivity index (χ0v) is 9.41. The summed E-state index contributed by atoms with van der Waals surface area (Å²) in [6, 6.07) is 2.26. The number of nitriles is 1. The van der Waals surface area contributed by atoms with Crippen molar-refractivity contribution in [1.29, 1.82) is 5.26 Å². The van der Waals surface area contributed by atoms with Crippen molar-refractivity contribution in [2.75, 3.05) is 11.9 Å². The van der Waals surface area contributed by atoms with Crippen LogP contribution in [0, 0.1) is 28.9 Å². The largest absolute Gasteiger partial charge is 0.406 e. The number of rotatable bonds is 3. The molecule has 0 spiro atoms. The summed E-state index contributed by atoms with van der Waals surface area (Å²) in [7, 11) is 0. The normalized spacial score (nSPS) is 12.9. The molecule has 0 fully saturated rings. The lowest BCUT2D eigenvalue weighted by Gasteiger charge is -2.15. The molecule has 1 N–H and O–H groups in total. The maximum Gasteiger partial charge on any atom is 0.406 e. The van der Waals surface area contributed by atoms with Gasteiger partial charge < -0.3 is 5.32 Å². The summed E-state index contributed by atoms with van der Waals surface area (Å²) in [5.41, 5.74) is -0.470. The van der Waals surface area contributed by atoms with Gasteiger partial charge in [-0.2, -0.15) is 18.4 Å². The Balaban J connectivity index is 2.85. The Morgan fingerprint density at radius 3 is 2.39 bits per heavy atom. The van der Waals surface area contributed by atoms with Crippen LogP contribution in [0.1, 0.15) is 0 Å². The van der Waals surface area contributed by atoms with Crippen LogP contribution in [-0.4, -0.2) is 12.7 Å². The van der Waals surface area contributed by atoms with E-state index in [2.05, 4.69) is 0 Å². The van der Waals surface area contributed by atoms with E-state index in [0.717, 1.165) is 12.1 Å². The second-order valence-corrected chi connectivity index (χ2v) is 3.76. The minimum atomic E-state index is -4.73. The molecule has 0 radical (unpaired) electrons. The van der Waals surface area contributed by atoms with Crippen LogP contribution in [0.2, 0.25) is 5.02 Å². The topological polar surface area (TPSA) is 35.8 Å². The van der Waals surface area contributed by atoms with Crippen molar-refractivity contribution in [2.24, 2.45) is 5.92 Å². The standard InChI is InChI=1S/C10H6ClF5N2/c11-7-1-6(12)2-8(13)9(7)18-4-5(3-17)10(14,15)16/h1-2,5,18H,4H2. The van der Waals surface area contributed by atoms with E-state index >= 15 is 0 Å². The number of hydrogen-bond donors (Lipinski definition) is 1. The fourth-order valence-electron chi connectivity index (χ4n) is 1.15. The minimum absolute atomic E-state index is 0.397. The number of hydrogen-bond acceptors (Lipinski definition) is 2. The second kappa shape index (κ2) is 5.40. The lowest BCUT2D eigenvalue weighted by Crippen LogP contribution is -2.28. The number of halogens is 6. The molecular formula is C10H6ClF5N2. The van der Waals surface area contributed by atoms with Crippen molar-refractivity contribution in [1.82, 2.24) is 0 Å². The van der Waals surface area contributed by atoms with Crippen LogP contribution in [0.4, 0.5) is 27.6 Å². The third-order valence-corrected chi connectivity index (χ3v) is 2.34. The van der Waals surface area contributed by atoms with Crippen molar-refractivity contribution >= 4 is 17.3 Å². The highest BCUT2D eigenvalue weighted by Crippen LogP contribution is 2.29. The average molecular weight is 285 g/mol. The predicted molar refractivity (Wildman–Crippen MR) is 55.0 cm³/mol. The van der Waals surface area contributed by atoms with Crippen LogP contribution < -0.4 is 5.32 Å². The van der Waals surface area contributed by atoms with E-state index in [1.165, 1.54) is 0 Å². The zero-order chi connectivity index (χ0) is 13.9. The van der Waals surface area contributed by atoms with Gasteiger partial charge in [0, 0.05) is 12.6 Å². The molecule has 8 heteroatoms. The summed E-state index contributed by atoms with van der Waals surface area (Å²) < 4.78 is 62.6. The molecular weight excluding hydrogens is 279 g/mol. The highest BCUT2D eigenvalue weighted by molar-refractivity contribution is 6.33. The Morgan fingerprint density at radius 1 is 1.33 bits per heavy atom. The summed E-state index contributed by atoms with van der Waals surface area (Å²) in [4.78, 5) is 0. The van der Waals surface area contributed by atoms with Crippen LogP contribution in [0.15, 0.2) is 12.1 Å². The fourth-order valence-corrected chi connectivity index (χ4v) is 1.41. The Bertz CT molecular complexity index is 457. The molecule has 98 valence electrons. The number of nitrogens with one attached hydrogen (secondary N) is 1. The van der Waals surface area contributed by atoms with Gasteiger partial charge in [0.15, 0.2) is 11.7 Å². The molecule has 0 saturated carbocycles. The van der Waals surface area contributed by atoms with Gasteiger partial charge in [0.1, 0.15) is 5.82 Å². The summed E-state index contributed by atoms with van der Waals surface area (Å²) in [5, 5.41) is 9.98. The van der Waals surface area contributed by atoms with E-state index in [1.54, 1.807) is 0 Å². The van der Waals surface area contributed by atoms with Gasteiger partial charge in [-0.15, -0.1) is 0 Å². The Kier molecular flexibility index (Phi) is 4.35. The van der Waals surface area contributed by atoms with Gasteiger partial charge in [0.25, 0.3) is 0 Å². The van der Waals surface area contributed by atoms with Gasteiger partial charge in [-0.05, 0) is 6.07 Å². The highest BCUT2D eigenvalue weighted by Gasteiger charge is 2.39. The molecule has 0 bridgehead atoms. The molecule has 0 saturated heterocycles. The second-order valence-electron chi connectivity index (χ2n) is 3.35. The number of alkyl halides is 3. The third kappa shape index (κ3) is 3.47. The predicted octanol–water partition coefficient (Wildman–Crippen LogP) is 3.73.